The van der Waals surface area contributed by atoms with Crippen LogP contribution in [0.25, 0.3) is 11.3 Å². The van der Waals surface area contributed by atoms with Gasteiger partial charge in [0.25, 0.3) is 0 Å². The number of ether oxygens (including phenoxy) is 2. The molecule has 0 bridgehead atoms. The van der Waals surface area contributed by atoms with E-state index in [2.05, 4.69) is 9.29 Å². The fourth-order valence-corrected chi connectivity index (χ4v) is 10.7. The van der Waals surface area contributed by atoms with Crippen LogP contribution in [0.15, 0.2) is 34.1 Å². The maximum absolute atomic E-state index is 14.2. The molecule has 2 aliphatic heterocycles. The SMILES string of the molecule is Cc1c(S(=O)(=O)NCC2CCOCC2)cc(-c2ccc(S(=O)(=O)N3CCOCC3(C)C)c(C(C)(C)C)c2)n1CC1CCCCC1. The summed E-state index contributed by atoms with van der Waals surface area (Å²) in [5.41, 5.74) is 1.92. The topological polar surface area (TPSA) is 107 Å². The third-order valence-corrected chi connectivity index (χ3v) is 13.6. The van der Waals surface area contributed by atoms with E-state index in [1.165, 1.54) is 19.3 Å². The fourth-order valence-electron chi connectivity index (χ4n) is 7.16. The van der Waals surface area contributed by atoms with Gasteiger partial charge in [-0.3, -0.25) is 0 Å². The maximum Gasteiger partial charge on any atom is 0.244 e. The van der Waals surface area contributed by atoms with Crippen LogP contribution in [-0.2, 0) is 41.5 Å². The average molecular weight is 664 g/mol. The molecule has 0 radical (unpaired) electrons. The largest absolute Gasteiger partial charge is 0.381 e. The minimum absolute atomic E-state index is 0.262. The van der Waals surface area contributed by atoms with Crippen molar-refractivity contribution in [3.8, 4) is 11.3 Å². The van der Waals surface area contributed by atoms with E-state index in [0.29, 0.717) is 60.8 Å². The van der Waals surface area contributed by atoms with Crippen LogP contribution in [0.3, 0.4) is 0 Å². The lowest BCUT2D eigenvalue weighted by Gasteiger charge is -2.41. The molecule has 11 heteroatoms. The van der Waals surface area contributed by atoms with E-state index < -0.39 is 31.0 Å². The van der Waals surface area contributed by atoms with Gasteiger partial charge in [0.15, 0.2) is 0 Å². The Hall–Kier alpha value is -1.76. The van der Waals surface area contributed by atoms with Gasteiger partial charge in [-0.25, -0.2) is 21.6 Å². The highest BCUT2D eigenvalue weighted by atomic mass is 32.2. The predicted molar refractivity (Wildman–Crippen MR) is 177 cm³/mol. The van der Waals surface area contributed by atoms with Gasteiger partial charge < -0.3 is 14.0 Å². The molecule has 3 aliphatic rings. The lowest BCUT2D eigenvalue weighted by molar-refractivity contribution is -0.00774. The summed E-state index contributed by atoms with van der Waals surface area (Å²) in [4.78, 5) is 0.589. The van der Waals surface area contributed by atoms with Crippen LogP contribution in [0.4, 0.5) is 0 Å². The normalized spacial score (nSPS) is 21.3. The van der Waals surface area contributed by atoms with Gasteiger partial charge in [-0.15, -0.1) is 0 Å². The van der Waals surface area contributed by atoms with Gasteiger partial charge in [-0.1, -0.05) is 46.1 Å². The molecule has 45 heavy (non-hydrogen) atoms. The van der Waals surface area contributed by atoms with Crippen molar-refractivity contribution in [2.75, 3.05) is 39.5 Å². The fraction of sp³-hybridized carbons (Fsp3) is 0.706. The Morgan fingerprint density at radius 3 is 2.22 bits per heavy atom. The molecule has 9 nitrogen and oxygen atoms in total. The predicted octanol–water partition coefficient (Wildman–Crippen LogP) is 5.85. The first kappa shape index (κ1) is 34.6. The Labute approximate surface area is 271 Å². The van der Waals surface area contributed by atoms with Crippen LogP contribution in [0.2, 0.25) is 0 Å². The monoisotopic (exact) mass is 663 g/mol. The Morgan fingerprint density at radius 2 is 1.58 bits per heavy atom. The van der Waals surface area contributed by atoms with Gasteiger partial charge in [-0.05, 0) is 93.0 Å². The van der Waals surface area contributed by atoms with E-state index in [0.717, 1.165) is 49.2 Å². The summed E-state index contributed by atoms with van der Waals surface area (Å²) in [6, 6.07) is 7.35. The van der Waals surface area contributed by atoms with Crippen LogP contribution in [0.1, 0.15) is 90.8 Å². The number of nitrogens with one attached hydrogen (secondary N) is 1. The molecule has 2 saturated heterocycles. The number of hydrogen-bond acceptors (Lipinski definition) is 6. The van der Waals surface area contributed by atoms with Gasteiger partial charge in [0, 0.05) is 44.2 Å². The second-order valence-electron chi connectivity index (χ2n) is 14.9. The zero-order valence-electron chi connectivity index (χ0n) is 28.0. The highest BCUT2D eigenvalue weighted by Gasteiger charge is 2.41. The lowest BCUT2D eigenvalue weighted by atomic mass is 9.85. The van der Waals surface area contributed by atoms with Crippen molar-refractivity contribution < 1.29 is 26.3 Å². The molecule has 0 unspecified atom stereocenters. The second-order valence-corrected chi connectivity index (χ2v) is 18.5. The Kier molecular flexibility index (Phi) is 10.3. The first-order valence-electron chi connectivity index (χ1n) is 16.6. The minimum Gasteiger partial charge on any atom is -0.381 e. The average Bonchev–Trinajstić information content (AvgIpc) is 3.32. The summed E-state index contributed by atoms with van der Waals surface area (Å²) in [5.74, 6) is 0.734. The van der Waals surface area contributed by atoms with E-state index in [1.807, 2.05) is 53.7 Å². The van der Waals surface area contributed by atoms with Crippen LogP contribution >= 0.6 is 0 Å². The lowest BCUT2D eigenvalue weighted by Crippen LogP contribution is -2.55. The number of hydrogen-bond donors (Lipinski definition) is 1. The number of nitrogens with zero attached hydrogens (tertiary/aromatic N) is 2. The molecule has 1 N–H and O–H groups in total. The van der Waals surface area contributed by atoms with Crippen LogP contribution < -0.4 is 4.72 Å². The molecule has 3 fully saturated rings. The van der Waals surface area contributed by atoms with Crippen molar-refractivity contribution in [3.05, 3.63) is 35.5 Å². The summed E-state index contributed by atoms with van der Waals surface area (Å²) in [6.45, 7) is 15.2. The van der Waals surface area contributed by atoms with Crippen LogP contribution in [0, 0.1) is 18.8 Å². The van der Waals surface area contributed by atoms with Gasteiger partial charge in [0.05, 0.1) is 23.6 Å². The molecule has 0 spiro atoms. The Balaban J connectivity index is 1.58. The molecule has 1 saturated carbocycles. The third-order valence-electron chi connectivity index (χ3n) is 9.90. The maximum atomic E-state index is 14.2. The molecular weight excluding hydrogens is 611 g/mol. The highest BCUT2D eigenvalue weighted by Crippen LogP contribution is 2.39. The Morgan fingerprint density at radius 1 is 0.889 bits per heavy atom. The third kappa shape index (κ3) is 7.54. The van der Waals surface area contributed by atoms with Gasteiger partial charge in [0.1, 0.15) is 4.90 Å². The summed E-state index contributed by atoms with van der Waals surface area (Å²) in [5, 5.41) is 0. The van der Waals surface area contributed by atoms with Crippen molar-refractivity contribution in [2.24, 2.45) is 11.8 Å². The number of benzene rings is 1. The second kappa shape index (κ2) is 13.4. The first-order chi connectivity index (χ1) is 21.1. The van der Waals surface area contributed by atoms with Crippen molar-refractivity contribution in [2.45, 2.75) is 114 Å². The molecule has 0 amide bonds. The van der Waals surface area contributed by atoms with Gasteiger partial charge in [-0.2, -0.15) is 4.31 Å². The molecule has 1 aromatic heterocycles. The summed E-state index contributed by atoms with van der Waals surface area (Å²) >= 11 is 0. The van der Waals surface area contributed by atoms with Crippen molar-refractivity contribution in [3.63, 3.8) is 0 Å². The van der Waals surface area contributed by atoms with Gasteiger partial charge >= 0.3 is 0 Å². The molecule has 3 heterocycles. The van der Waals surface area contributed by atoms with Crippen LogP contribution in [0.5, 0.6) is 0 Å². The van der Waals surface area contributed by atoms with Gasteiger partial charge in [0.2, 0.25) is 20.0 Å². The van der Waals surface area contributed by atoms with E-state index in [9.17, 15) is 16.8 Å². The van der Waals surface area contributed by atoms with E-state index in [-0.39, 0.29) is 5.92 Å². The van der Waals surface area contributed by atoms with Crippen molar-refractivity contribution >= 4 is 20.0 Å². The number of morpholine rings is 1. The van der Waals surface area contributed by atoms with Crippen LogP contribution in [-0.4, -0.2) is 70.8 Å². The van der Waals surface area contributed by atoms with E-state index in [4.69, 9.17) is 9.47 Å². The molecule has 1 aromatic carbocycles. The summed E-state index contributed by atoms with van der Waals surface area (Å²) < 4.78 is 73.7. The molecule has 2 aromatic rings. The van der Waals surface area contributed by atoms with E-state index >= 15 is 0 Å². The smallest absolute Gasteiger partial charge is 0.244 e. The zero-order chi connectivity index (χ0) is 32.6. The summed E-state index contributed by atoms with van der Waals surface area (Å²) in [6.07, 6.45) is 7.58. The van der Waals surface area contributed by atoms with Crippen molar-refractivity contribution in [1.29, 1.82) is 0 Å². The number of rotatable bonds is 9. The van der Waals surface area contributed by atoms with E-state index in [1.54, 1.807) is 16.4 Å². The molecule has 1 aliphatic carbocycles. The minimum atomic E-state index is -3.83. The highest BCUT2D eigenvalue weighted by molar-refractivity contribution is 7.89. The number of aromatic nitrogens is 1. The molecular formula is C34H53N3O6S2. The summed E-state index contributed by atoms with van der Waals surface area (Å²) in [7, 11) is -7.59. The molecule has 252 valence electrons. The standard InChI is InChI=1S/C34H53N3O6S2/c1-25-32(44(38,39)35-22-26-14-17-42-18-15-26)21-30(36(25)23-27-10-8-7-9-11-27)28-12-13-31(29(20-28)33(2,3)4)45(40,41)37-16-19-43-24-34(37,5)6/h12-13,20-21,26-27,35H,7-11,14-19,22-24H2,1-6H3. The van der Waals surface area contributed by atoms with Crippen molar-refractivity contribution in [1.82, 2.24) is 13.6 Å². The zero-order valence-corrected chi connectivity index (χ0v) is 29.7. The Bertz CT molecular complexity index is 1560. The molecule has 5 rings (SSSR count). The quantitative estimate of drug-likeness (QED) is 0.361. The number of sulfonamides is 2. The first-order valence-corrected chi connectivity index (χ1v) is 19.6. The molecule has 0 atom stereocenters.